The van der Waals surface area contributed by atoms with Crippen molar-refractivity contribution in [3.63, 3.8) is 0 Å². The third kappa shape index (κ3) is 3.60. The third-order valence-electron chi connectivity index (χ3n) is 6.46. The Morgan fingerprint density at radius 3 is 1.65 bits per heavy atom. The van der Waals surface area contributed by atoms with Crippen LogP contribution in [0, 0.1) is 22.7 Å². The molecule has 0 saturated heterocycles. The molecule has 0 aromatic carbocycles. The summed E-state index contributed by atoms with van der Waals surface area (Å²) in [6.45, 7) is 7.89. The molecule has 1 N–H and O–H groups in total. The maximum atomic E-state index is 13.0. The number of fused-ring (bicyclic) bond motifs is 1. The minimum absolute atomic E-state index is 0. The fourth-order valence-electron chi connectivity index (χ4n) is 5.17. The molecule has 166 valence electrons. The first-order valence-electron chi connectivity index (χ1n) is 9.65. The molecular weight excluding hydrogens is 419 g/mol. The van der Waals surface area contributed by atoms with Crippen molar-refractivity contribution < 1.29 is 72.8 Å². The van der Waals surface area contributed by atoms with E-state index < -0.39 is 52.3 Å². The molecule has 31 heavy (non-hydrogen) atoms. The number of rotatable bonds is 6. The van der Waals surface area contributed by atoms with Crippen molar-refractivity contribution in [3.05, 3.63) is 22.5 Å². The van der Waals surface area contributed by atoms with Gasteiger partial charge in [-0.05, 0) is 26.3 Å². The fourth-order valence-corrected chi connectivity index (χ4v) is 5.17. The largest absolute Gasteiger partial charge is 1.00 e. The van der Waals surface area contributed by atoms with Gasteiger partial charge in [0.1, 0.15) is 11.7 Å². The Morgan fingerprint density at radius 2 is 1.23 bits per heavy atom. The van der Waals surface area contributed by atoms with Gasteiger partial charge in [0.15, 0.2) is 0 Å². The number of carbonyl (C=O) groups excluding carboxylic acids is 4. The number of aliphatic hydroxyl groups is 1. The van der Waals surface area contributed by atoms with Gasteiger partial charge < -0.3 is 24.1 Å². The molecule has 0 bridgehead atoms. The smallest absolute Gasteiger partial charge is 0.511 e. The molecule has 0 spiro atoms. The molecule has 0 radical (unpaired) electrons. The van der Waals surface area contributed by atoms with Gasteiger partial charge in [0, 0.05) is 16.4 Å². The molecule has 0 heterocycles. The van der Waals surface area contributed by atoms with Crippen molar-refractivity contribution >= 4 is 23.9 Å². The number of esters is 4. The van der Waals surface area contributed by atoms with Crippen LogP contribution in [-0.2, 0) is 38.1 Å². The average molecular weight is 447 g/mol. The zero-order valence-electron chi connectivity index (χ0n) is 19.3. The number of hydrogen-bond acceptors (Lipinski definition) is 9. The number of aliphatic hydroxyl groups excluding tert-OH is 1. The van der Waals surface area contributed by atoms with Gasteiger partial charge in [-0.25, -0.2) is 9.59 Å². The number of methoxy groups -OCH3 is 2. The van der Waals surface area contributed by atoms with Crippen molar-refractivity contribution in [3.8, 4) is 0 Å². The number of hydrogen-bond donors (Lipinski definition) is 1. The molecule has 0 amide bonds. The van der Waals surface area contributed by atoms with E-state index in [1.807, 2.05) is 0 Å². The minimum Gasteiger partial charge on any atom is -0.511 e. The zero-order valence-corrected chi connectivity index (χ0v) is 21.3. The van der Waals surface area contributed by atoms with E-state index in [-0.39, 0.29) is 53.9 Å². The van der Waals surface area contributed by atoms with Crippen LogP contribution in [0.2, 0.25) is 0 Å². The Kier molecular flexibility index (Phi) is 8.55. The van der Waals surface area contributed by atoms with E-state index in [0.29, 0.717) is 5.57 Å². The molecule has 0 fully saturated rings. The predicted octanol–water partition coefficient (Wildman–Crippen LogP) is -1.14. The zero-order chi connectivity index (χ0) is 23.0. The average Bonchev–Trinajstić information content (AvgIpc) is 2.96. The summed E-state index contributed by atoms with van der Waals surface area (Å²) < 4.78 is 20.2. The van der Waals surface area contributed by atoms with Gasteiger partial charge in [0.05, 0.1) is 38.9 Å². The van der Waals surface area contributed by atoms with Crippen molar-refractivity contribution in [2.45, 2.75) is 34.6 Å². The quantitative estimate of drug-likeness (QED) is 0.306. The van der Waals surface area contributed by atoms with Crippen LogP contribution in [0.5, 0.6) is 0 Å². The SMILES string of the molecule is CCOC(=O)C1=C(C)C(C(=O)OC)[C@]2(C)C(C(=O)OCC)=C(O)C(C(=O)OC)[C@]12C.[Na+]. The summed E-state index contributed by atoms with van der Waals surface area (Å²) in [5.74, 6) is -6.36. The maximum absolute atomic E-state index is 13.0. The monoisotopic (exact) mass is 447 g/mol. The van der Waals surface area contributed by atoms with Gasteiger partial charge in [-0.3, -0.25) is 9.59 Å². The summed E-state index contributed by atoms with van der Waals surface area (Å²) in [6, 6.07) is 0. The van der Waals surface area contributed by atoms with Crippen LogP contribution < -0.4 is 29.6 Å². The molecule has 4 atom stereocenters. The second kappa shape index (κ2) is 9.75. The normalized spacial score (nSPS) is 29.1. The van der Waals surface area contributed by atoms with Gasteiger partial charge in [-0.15, -0.1) is 0 Å². The first kappa shape index (κ1) is 27.2. The molecule has 2 aliphatic rings. The van der Waals surface area contributed by atoms with Crippen LogP contribution in [0.3, 0.4) is 0 Å². The van der Waals surface area contributed by atoms with Gasteiger partial charge >= 0.3 is 53.4 Å². The van der Waals surface area contributed by atoms with Crippen molar-refractivity contribution in [1.29, 1.82) is 0 Å². The van der Waals surface area contributed by atoms with Crippen molar-refractivity contribution in [1.82, 2.24) is 0 Å². The van der Waals surface area contributed by atoms with Gasteiger partial charge in [-0.1, -0.05) is 13.8 Å². The van der Waals surface area contributed by atoms with Gasteiger partial charge in [0.2, 0.25) is 0 Å². The Labute approximate surface area is 203 Å². The van der Waals surface area contributed by atoms with E-state index in [1.54, 1.807) is 20.8 Å². The molecule has 0 saturated carbocycles. The molecule has 2 unspecified atom stereocenters. The van der Waals surface area contributed by atoms with Crippen LogP contribution in [0.15, 0.2) is 22.5 Å². The van der Waals surface area contributed by atoms with Crippen molar-refractivity contribution in [2.75, 3.05) is 27.4 Å². The summed E-state index contributed by atoms with van der Waals surface area (Å²) >= 11 is 0. The summed E-state index contributed by atoms with van der Waals surface area (Å²) in [6.07, 6.45) is 0. The topological polar surface area (TPSA) is 125 Å². The number of carbonyl (C=O) groups is 4. The first-order valence-corrected chi connectivity index (χ1v) is 9.65. The van der Waals surface area contributed by atoms with Gasteiger partial charge in [0.25, 0.3) is 0 Å². The Hall–Kier alpha value is -1.84. The Morgan fingerprint density at radius 1 is 0.839 bits per heavy atom. The summed E-state index contributed by atoms with van der Waals surface area (Å²) in [5.41, 5.74) is -2.98. The first-order chi connectivity index (χ1) is 14.0. The molecule has 0 aliphatic heterocycles. The van der Waals surface area contributed by atoms with Crippen LogP contribution >= 0.6 is 0 Å². The van der Waals surface area contributed by atoms with E-state index in [2.05, 4.69) is 0 Å². The number of ether oxygens (including phenoxy) is 4. The molecular formula is C21H28NaO9+. The van der Waals surface area contributed by atoms with E-state index >= 15 is 0 Å². The third-order valence-corrected chi connectivity index (χ3v) is 6.46. The van der Waals surface area contributed by atoms with E-state index in [0.717, 1.165) is 7.11 Å². The van der Waals surface area contributed by atoms with Crippen LogP contribution in [0.1, 0.15) is 34.6 Å². The Bertz CT molecular complexity index is 789. The van der Waals surface area contributed by atoms with Crippen LogP contribution in [-0.4, -0.2) is 56.4 Å². The minimum atomic E-state index is -1.53. The van der Waals surface area contributed by atoms with E-state index in [4.69, 9.17) is 18.9 Å². The molecule has 2 rings (SSSR count). The summed E-state index contributed by atoms with van der Waals surface area (Å²) in [4.78, 5) is 51.5. The summed E-state index contributed by atoms with van der Waals surface area (Å²) in [5, 5.41) is 11.0. The predicted molar refractivity (Wildman–Crippen MR) is 103 cm³/mol. The summed E-state index contributed by atoms with van der Waals surface area (Å²) in [7, 11) is 2.31. The molecule has 0 aromatic rings. The van der Waals surface area contributed by atoms with Crippen molar-refractivity contribution in [2.24, 2.45) is 22.7 Å². The second-order valence-electron chi connectivity index (χ2n) is 7.58. The fraction of sp³-hybridized carbons (Fsp3) is 0.619. The molecule has 2 aliphatic carbocycles. The maximum Gasteiger partial charge on any atom is 1.00 e. The molecule has 10 heteroatoms. The van der Waals surface area contributed by atoms with E-state index in [1.165, 1.54) is 21.0 Å². The molecule has 0 aromatic heterocycles. The van der Waals surface area contributed by atoms with Crippen LogP contribution in [0.25, 0.3) is 0 Å². The second-order valence-corrected chi connectivity index (χ2v) is 7.58. The standard InChI is InChI=1S/C21H28O9.Na/c1-8-29-18(25)12-10(3)11(16(23)27-6)20(4)14(19(26)30-9-2)15(22)13(17(24)28-7)21(12,20)5;/h11,13,22H,8-9H2,1-7H3;/q;+1/t11?,13?,20-,21+;/m1./s1. The molecule has 9 nitrogen and oxygen atoms in total. The Balaban J connectivity index is 0.00000480. The van der Waals surface area contributed by atoms with Gasteiger partial charge in [-0.2, -0.15) is 0 Å². The van der Waals surface area contributed by atoms with Crippen LogP contribution in [0.4, 0.5) is 0 Å². The van der Waals surface area contributed by atoms with E-state index in [9.17, 15) is 24.3 Å².